The Morgan fingerprint density at radius 1 is 1.23 bits per heavy atom. The van der Waals surface area contributed by atoms with E-state index < -0.39 is 6.10 Å². The zero-order valence-corrected chi connectivity index (χ0v) is 15.3. The van der Waals surface area contributed by atoms with E-state index in [-0.39, 0.29) is 18.6 Å². The number of likely N-dealkylation sites (N-methyl/N-ethyl adjacent to an activating group) is 1. The molecule has 144 valence electrons. The number of carbonyl (C=O) groups excluding carboxylic acids is 1. The lowest BCUT2D eigenvalue weighted by Crippen LogP contribution is -2.43. The second-order valence-corrected chi connectivity index (χ2v) is 6.66. The molecule has 0 unspecified atom stereocenters. The van der Waals surface area contributed by atoms with E-state index in [4.69, 9.17) is 14.2 Å². The lowest BCUT2D eigenvalue weighted by Gasteiger charge is -2.28. The molecule has 1 N–H and O–H groups in total. The molecule has 1 aromatic carbocycles. The van der Waals surface area contributed by atoms with Gasteiger partial charge in [-0.3, -0.25) is 9.69 Å². The van der Waals surface area contributed by atoms with Crippen LogP contribution in [-0.4, -0.2) is 85.6 Å². The first-order valence-electron chi connectivity index (χ1n) is 9.24. The van der Waals surface area contributed by atoms with E-state index in [1.807, 2.05) is 24.3 Å². The second kappa shape index (κ2) is 9.32. The van der Waals surface area contributed by atoms with Gasteiger partial charge in [0.05, 0.1) is 38.6 Å². The van der Waals surface area contributed by atoms with Gasteiger partial charge < -0.3 is 24.2 Å². The fraction of sp³-hybridized carbons (Fsp3) is 0.632. The minimum absolute atomic E-state index is 0.00949. The van der Waals surface area contributed by atoms with Crippen molar-refractivity contribution in [1.82, 2.24) is 9.80 Å². The van der Waals surface area contributed by atoms with Gasteiger partial charge in [0.25, 0.3) is 5.91 Å². The van der Waals surface area contributed by atoms with Gasteiger partial charge in [-0.15, -0.1) is 0 Å². The number of benzene rings is 1. The SMILES string of the molecule is CCN(Cc1ccc(OCC(=O)N2CCOCC2)cc1)[C@@H]1COC[C@H]1O. The summed E-state index contributed by atoms with van der Waals surface area (Å²) in [5.41, 5.74) is 1.14. The van der Waals surface area contributed by atoms with Crippen molar-refractivity contribution in [3.8, 4) is 5.75 Å². The van der Waals surface area contributed by atoms with Crippen molar-refractivity contribution in [2.75, 3.05) is 52.7 Å². The molecule has 0 saturated carbocycles. The number of ether oxygens (including phenoxy) is 3. The van der Waals surface area contributed by atoms with Gasteiger partial charge in [-0.25, -0.2) is 0 Å². The number of hydrogen-bond acceptors (Lipinski definition) is 6. The number of rotatable bonds is 7. The van der Waals surface area contributed by atoms with Crippen molar-refractivity contribution in [2.45, 2.75) is 25.6 Å². The summed E-state index contributed by atoms with van der Waals surface area (Å²) in [6.07, 6.45) is -0.427. The Kier molecular flexibility index (Phi) is 6.85. The molecular weight excluding hydrogens is 336 g/mol. The van der Waals surface area contributed by atoms with Crippen LogP contribution < -0.4 is 4.74 Å². The average Bonchev–Trinajstić information content (AvgIpc) is 3.11. The van der Waals surface area contributed by atoms with E-state index in [0.29, 0.717) is 45.3 Å². The third kappa shape index (κ3) is 4.94. The van der Waals surface area contributed by atoms with E-state index in [1.165, 1.54) is 0 Å². The Hall–Kier alpha value is -1.67. The van der Waals surface area contributed by atoms with Gasteiger partial charge in [0.2, 0.25) is 0 Å². The second-order valence-electron chi connectivity index (χ2n) is 6.66. The fourth-order valence-electron chi connectivity index (χ4n) is 3.32. The average molecular weight is 364 g/mol. The molecule has 2 heterocycles. The van der Waals surface area contributed by atoms with Crippen LogP contribution >= 0.6 is 0 Å². The van der Waals surface area contributed by atoms with E-state index >= 15 is 0 Å². The van der Waals surface area contributed by atoms with Gasteiger partial charge in [0.1, 0.15) is 5.75 Å². The molecule has 26 heavy (non-hydrogen) atoms. The van der Waals surface area contributed by atoms with Gasteiger partial charge in [0, 0.05) is 19.6 Å². The summed E-state index contributed by atoms with van der Waals surface area (Å²) in [5.74, 6) is 0.674. The first kappa shape index (κ1) is 19.1. The molecule has 7 nitrogen and oxygen atoms in total. The Morgan fingerprint density at radius 3 is 2.58 bits per heavy atom. The van der Waals surface area contributed by atoms with Gasteiger partial charge in [-0.1, -0.05) is 19.1 Å². The molecule has 0 aliphatic carbocycles. The quantitative estimate of drug-likeness (QED) is 0.760. The van der Waals surface area contributed by atoms with Gasteiger partial charge in [-0.05, 0) is 24.2 Å². The fourth-order valence-corrected chi connectivity index (χ4v) is 3.32. The molecule has 1 amide bonds. The normalized spacial score (nSPS) is 23.4. The summed E-state index contributed by atoms with van der Waals surface area (Å²) in [6.45, 7) is 7.14. The highest BCUT2D eigenvalue weighted by Gasteiger charge is 2.30. The molecule has 0 radical (unpaired) electrons. The van der Waals surface area contributed by atoms with Crippen molar-refractivity contribution in [3.63, 3.8) is 0 Å². The van der Waals surface area contributed by atoms with Gasteiger partial charge >= 0.3 is 0 Å². The molecular formula is C19H28N2O5. The third-order valence-electron chi connectivity index (χ3n) is 4.93. The Morgan fingerprint density at radius 2 is 1.96 bits per heavy atom. The Balaban J connectivity index is 1.49. The van der Waals surface area contributed by atoms with Crippen LogP contribution in [0.5, 0.6) is 5.75 Å². The van der Waals surface area contributed by atoms with Crippen LogP contribution in [0.25, 0.3) is 0 Å². The number of aliphatic hydroxyl groups is 1. The molecule has 1 aromatic rings. The first-order valence-corrected chi connectivity index (χ1v) is 9.24. The van der Waals surface area contributed by atoms with Crippen LogP contribution in [0, 0.1) is 0 Å². The molecule has 7 heteroatoms. The monoisotopic (exact) mass is 364 g/mol. The minimum Gasteiger partial charge on any atom is -0.484 e. The highest BCUT2D eigenvalue weighted by atomic mass is 16.5. The summed E-state index contributed by atoms with van der Waals surface area (Å²) < 4.78 is 16.2. The van der Waals surface area contributed by atoms with Crippen molar-refractivity contribution in [2.24, 2.45) is 0 Å². The molecule has 3 rings (SSSR count). The maximum atomic E-state index is 12.1. The molecule has 2 aliphatic heterocycles. The molecule has 2 fully saturated rings. The molecule has 0 aromatic heterocycles. The van der Waals surface area contributed by atoms with Crippen LogP contribution in [0.4, 0.5) is 0 Å². The topological polar surface area (TPSA) is 71.5 Å². The number of carbonyl (C=O) groups is 1. The number of nitrogens with zero attached hydrogens (tertiary/aromatic N) is 2. The lowest BCUT2D eigenvalue weighted by molar-refractivity contribution is -0.137. The largest absolute Gasteiger partial charge is 0.484 e. The van der Waals surface area contributed by atoms with Crippen LogP contribution in [-0.2, 0) is 20.8 Å². The molecule has 0 spiro atoms. The van der Waals surface area contributed by atoms with E-state index in [9.17, 15) is 9.90 Å². The lowest BCUT2D eigenvalue weighted by atomic mass is 10.1. The highest BCUT2D eigenvalue weighted by Crippen LogP contribution is 2.18. The summed E-state index contributed by atoms with van der Waals surface area (Å²) in [6, 6.07) is 7.81. The maximum Gasteiger partial charge on any atom is 0.260 e. The van der Waals surface area contributed by atoms with Crippen molar-refractivity contribution >= 4 is 5.91 Å². The smallest absolute Gasteiger partial charge is 0.260 e. The molecule has 2 saturated heterocycles. The van der Waals surface area contributed by atoms with E-state index in [2.05, 4.69) is 11.8 Å². The van der Waals surface area contributed by atoms with Gasteiger partial charge in [-0.2, -0.15) is 0 Å². The molecule has 0 bridgehead atoms. The number of morpholine rings is 1. The highest BCUT2D eigenvalue weighted by molar-refractivity contribution is 5.77. The van der Waals surface area contributed by atoms with Crippen molar-refractivity contribution in [3.05, 3.63) is 29.8 Å². The zero-order chi connectivity index (χ0) is 18.4. The van der Waals surface area contributed by atoms with Crippen LogP contribution in [0.3, 0.4) is 0 Å². The van der Waals surface area contributed by atoms with E-state index in [0.717, 1.165) is 18.7 Å². The van der Waals surface area contributed by atoms with Gasteiger partial charge in [0.15, 0.2) is 6.61 Å². The summed E-state index contributed by atoms with van der Waals surface area (Å²) in [5, 5.41) is 10.0. The molecule has 2 atom stereocenters. The van der Waals surface area contributed by atoms with Crippen LogP contribution in [0.15, 0.2) is 24.3 Å². The standard InChI is InChI=1S/C19H28N2O5/c1-2-20(17-12-25-13-18(17)22)11-15-3-5-16(6-4-15)26-14-19(23)21-7-9-24-10-8-21/h3-6,17-18,22H,2,7-14H2,1H3/t17-,18-/m1/s1. The predicted octanol–water partition coefficient (Wildman–Crippen LogP) is 0.506. The molecule has 2 aliphatic rings. The van der Waals surface area contributed by atoms with Crippen molar-refractivity contribution in [1.29, 1.82) is 0 Å². The summed E-state index contributed by atoms with van der Waals surface area (Å²) in [4.78, 5) is 16.1. The third-order valence-corrected chi connectivity index (χ3v) is 4.93. The predicted molar refractivity (Wildman–Crippen MR) is 96.0 cm³/mol. The number of aliphatic hydroxyl groups excluding tert-OH is 1. The first-order chi connectivity index (χ1) is 12.7. The Labute approximate surface area is 154 Å². The number of hydrogen-bond donors (Lipinski definition) is 1. The van der Waals surface area contributed by atoms with Crippen LogP contribution in [0.1, 0.15) is 12.5 Å². The maximum absolute atomic E-state index is 12.1. The number of amides is 1. The van der Waals surface area contributed by atoms with Crippen molar-refractivity contribution < 1.29 is 24.1 Å². The summed E-state index contributed by atoms with van der Waals surface area (Å²) >= 11 is 0. The summed E-state index contributed by atoms with van der Waals surface area (Å²) in [7, 11) is 0. The Bertz CT molecular complexity index is 574. The minimum atomic E-state index is -0.427. The van der Waals surface area contributed by atoms with E-state index in [1.54, 1.807) is 4.90 Å². The van der Waals surface area contributed by atoms with Crippen LogP contribution in [0.2, 0.25) is 0 Å². The zero-order valence-electron chi connectivity index (χ0n) is 15.3.